The van der Waals surface area contributed by atoms with Gasteiger partial charge in [-0.2, -0.15) is 0 Å². The molecule has 0 fully saturated rings. The van der Waals surface area contributed by atoms with Crippen LogP contribution in [-0.4, -0.2) is 26.4 Å². The van der Waals surface area contributed by atoms with Crippen molar-refractivity contribution in [2.45, 2.75) is 50.7 Å². The molecule has 0 aliphatic heterocycles. The second-order valence-corrected chi connectivity index (χ2v) is 9.53. The molecule has 0 bridgehead atoms. The average Bonchev–Trinajstić information content (AvgIpc) is 2.96. The number of hydrogen-bond donors (Lipinski definition) is 0. The summed E-state index contributed by atoms with van der Waals surface area (Å²) >= 11 is 0. The van der Waals surface area contributed by atoms with Gasteiger partial charge in [0.1, 0.15) is 11.5 Å². The lowest BCUT2D eigenvalue weighted by atomic mass is 9.98. The maximum atomic E-state index is 6.95. The minimum absolute atomic E-state index is 0.118. The quantitative estimate of drug-likeness (QED) is 0.182. The zero-order valence-corrected chi connectivity index (χ0v) is 22.0. The molecule has 4 rings (SSSR count). The third-order valence-electron chi connectivity index (χ3n) is 6.83. The van der Waals surface area contributed by atoms with Gasteiger partial charge < -0.3 is 14.2 Å². The molecule has 0 aliphatic rings. The van der Waals surface area contributed by atoms with Crippen molar-refractivity contribution >= 4 is 0 Å². The summed E-state index contributed by atoms with van der Waals surface area (Å²) in [6, 6.07) is 38.2. The fraction of sp³-hybridized carbons (Fsp3) is 0.294. The van der Waals surface area contributed by atoms with Gasteiger partial charge in [0.2, 0.25) is 0 Å². The molecular formula is C34H38O3. The van der Waals surface area contributed by atoms with Crippen molar-refractivity contribution in [2.75, 3.05) is 14.2 Å². The SMILES string of the molecule is COc1ccc(CC(CCc2ccccc2)OC(CCc2ccccc2)Cc2ccc(OC)cc2)cc1. The van der Waals surface area contributed by atoms with E-state index in [9.17, 15) is 0 Å². The van der Waals surface area contributed by atoms with Crippen LogP contribution >= 0.6 is 0 Å². The van der Waals surface area contributed by atoms with E-state index in [1.54, 1.807) is 14.2 Å². The Morgan fingerprint density at radius 1 is 0.459 bits per heavy atom. The molecule has 0 aromatic heterocycles. The number of benzene rings is 4. The molecule has 192 valence electrons. The van der Waals surface area contributed by atoms with E-state index in [0.717, 1.165) is 50.0 Å². The van der Waals surface area contributed by atoms with E-state index in [2.05, 4.69) is 84.9 Å². The number of methoxy groups -OCH3 is 2. The van der Waals surface area contributed by atoms with E-state index < -0.39 is 0 Å². The molecule has 0 amide bonds. The highest BCUT2D eigenvalue weighted by atomic mass is 16.5. The third kappa shape index (κ3) is 8.80. The van der Waals surface area contributed by atoms with Crippen molar-refractivity contribution in [2.24, 2.45) is 0 Å². The second kappa shape index (κ2) is 14.2. The number of aryl methyl sites for hydroxylation is 2. The molecular weight excluding hydrogens is 456 g/mol. The molecule has 37 heavy (non-hydrogen) atoms. The predicted octanol–water partition coefficient (Wildman–Crippen LogP) is 7.51. The Hall–Kier alpha value is -3.56. The molecule has 3 nitrogen and oxygen atoms in total. The van der Waals surface area contributed by atoms with Gasteiger partial charge in [-0.15, -0.1) is 0 Å². The first kappa shape index (κ1) is 26.5. The van der Waals surface area contributed by atoms with E-state index in [-0.39, 0.29) is 12.2 Å². The van der Waals surface area contributed by atoms with Crippen LogP contribution < -0.4 is 9.47 Å². The Morgan fingerprint density at radius 2 is 0.838 bits per heavy atom. The van der Waals surface area contributed by atoms with Crippen LogP contribution in [0.3, 0.4) is 0 Å². The van der Waals surface area contributed by atoms with E-state index in [1.807, 2.05) is 24.3 Å². The van der Waals surface area contributed by atoms with Gasteiger partial charge in [0.15, 0.2) is 0 Å². The van der Waals surface area contributed by atoms with Gasteiger partial charge in [-0.3, -0.25) is 0 Å². The lowest BCUT2D eigenvalue weighted by molar-refractivity contribution is -0.0191. The summed E-state index contributed by atoms with van der Waals surface area (Å²) in [4.78, 5) is 0. The van der Waals surface area contributed by atoms with Crippen molar-refractivity contribution in [3.63, 3.8) is 0 Å². The summed E-state index contributed by atoms with van der Waals surface area (Å²) in [6.07, 6.45) is 5.93. The van der Waals surface area contributed by atoms with Crippen LogP contribution in [0.15, 0.2) is 109 Å². The number of rotatable bonds is 14. The zero-order chi connectivity index (χ0) is 25.7. The standard InChI is InChI=1S/C34H38O3/c1-35-31-19-15-29(16-20-31)25-33(23-13-27-9-5-3-6-10-27)37-34(24-14-28-11-7-4-8-12-28)26-30-17-21-32(36-2)22-18-30/h3-12,15-22,33-34H,13-14,23-26H2,1-2H3. The van der Waals surface area contributed by atoms with Crippen LogP contribution in [0.5, 0.6) is 11.5 Å². The van der Waals surface area contributed by atoms with Gasteiger partial charge in [0.25, 0.3) is 0 Å². The molecule has 0 saturated heterocycles. The van der Waals surface area contributed by atoms with Crippen LogP contribution in [0.2, 0.25) is 0 Å². The van der Waals surface area contributed by atoms with E-state index in [1.165, 1.54) is 22.3 Å². The van der Waals surface area contributed by atoms with Gasteiger partial charge in [-0.05, 0) is 85.0 Å². The van der Waals surface area contributed by atoms with Crippen LogP contribution in [0.25, 0.3) is 0 Å². The molecule has 2 unspecified atom stereocenters. The van der Waals surface area contributed by atoms with Gasteiger partial charge in [0, 0.05) is 0 Å². The smallest absolute Gasteiger partial charge is 0.118 e. The normalized spacial score (nSPS) is 12.6. The van der Waals surface area contributed by atoms with Gasteiger partial charge in [-0.1, -0.05) is 84.9 Å². The molecule has 4 aromatic carbocycles. The first-order chi connectivity index (χ1) is 18.2. The summed E-state index contributed by atoms with van der Waals surface area (Å²) in [5.41, 5.74) is 5.24. The second-order valence-electron chi connectivity index (χ2n) is 9.53. The summed E-state index contributed by atoms with van der Waals surface area (Å²) in [5, 5.41) is 0. The fourth-order valence-corrected chi connectivity index (χ4v) is 4.70. The van der Waals surface area contributed by atoms with Crippen molar-refractivity contribution in [1.29, 1.82) is 0 Å². The minimum atomic E-state index is 0.118. The minimum Gasteiger partial charge on any atom is -0.497 e. The Kier molecular flexibility index (Phi) is 10.2. The summed E-state index contributed by atoms with van der Waals surface area (Å²) < 4.78 is 17.7. The van der Waals surface area contributed by atoms with Gasteiger partial charge in [0.05, 0.1) is 26.4 Å². The highest BCUT2D eigenvalue weighted by Gasteiger charge is 2.19. The fourth-order valence-electron chi connectivity index (χ4n) is 4.70. The first-order valence-electron chi connectivity index (χ1n) is 13.2. The molecule has 0 N–H and O–H groups in total. The predicted molar refractivity (Wildman–Crippen MR) is 152 cm³/mol. The lowest BCUT2D eigenvalue weighted by Gasteiger charge is -2.26. The molecule has 0 radical (unpaired) electrons. The Morgan fingerprint density at radius 3 is 1.19 bits per heavy atom. The number of ether oxygens (including phenoxy) is 3. The molecule has 0 aliphatic carbocycles. The van der Waals surface area contributed by atoms with Crippen LogP contribution in [0, 0.1) is 0 Å². The Labute approximate surface area is 222 Å². The molecule has 3 heteroatoms. The Bertz CT molecular complexity index is 1060. The highest BCUT2D eigenvalue weighted by molar-refractivity contribution is 5.29. The van der Waals surface area contributed by atoms with Crippen molar-refractivity contribution < 1.29 is 14.2 Å². The highest BCUT2D eigenvalue weighted by Crippen LogP contribution is 2.22. The van der Waals surface area contributed by atoms with Crippen LogP contribution in [0.1, 0.15) is 35.1 Å². The topological polar surface area (TPSA) is 27.7 Å². The summed E-state index contributed by atoms with van der Waals surface area (Å²) in [7, 11) is 3.41. The number of hydrogen-bond acceptors (Lipinski definition) is 3. The molecule has 0 spiro atoms. The molecule has 0 heterocycles. The van der Waals surface area contributed by atoms with Crippen molar-refractivity contribution in [3.8, 4) is 11.5 Å². The largest absolute Gasteiger partial charge is 0.497 e. The van der Waals surface area contributed by atoms with E-state index in [0.29, 0.717) is 0 Å². The van der Waals surface area contributed by atoms with E-state index >= 15 is 0 Å². The molecule has 2 atom stereocenters. The zero-order valence-electron chi connectivity index (χ0n) is 22.0. The Balaban J connectivity index is 1.50. The maximum absolute atomic E-state index is 6.95. The third-order valence-corrected chi connectivity index (χ3v) is 6.83. The lowest BCUT2D eigenvalue weighted by Crippen LogP contribution is -2.27. The monoisotopic (exact) mass is 494 g/mol. The van der Waals surface area contributed by atoms with E-state index in [4.69, 9.17) is 14.2 Å². The molecule has 0 saturated carbocycles. The summed E-state index contributed by atoms with van der Waals surface area (Å²) in [5.74, 6) is 1.76. The van der Waals surface area contributed by atoms with Crippen LogP contribution in [0.4, 0.5) is 0 Å². The van der Waals surface area contributed by atoms with Gasteiger partial charge in [-0.25, -0.2) is 0 Å². The molecule has 4 aromatic rings. The summed E-state index contributed by atoms with van der Waals surface area (Å²) in [6.45, 7) is 0. The first-order valence-corrected chi connectivity index (χ1v) is 13.2. The maximum Gasteiger partial charge on any atom is 0.118 e. The average molecular weight is 495 g/mol. The van der Waals surface area contributed by atoms with Crippen LogP contribution in [-0.2, 0) is 30.4 Å². The van der Waals surface area contributed by atoms with Gasteiger partial charge >= 0.3 is 0 Å². The van der Waals surface area contributed by atoms with Crippen molar-refractivity contribution in [3.05, 3.63) is 131 Å². The van der Waals surface area contributed by atoms with Crippen molar-refractivity contribution in [1.82, 2.24) is 0 Å².